The van der Waals surface area contributed by atoms with E-state index in [4.69, 9.17) is 0 Å². The molecule has 1 atom stereocenters. The molecular weight excluding hydrogens is 261 g/mol. The molecule has 6 heteroatoms. The van der Waals surface area contributed by atoms with Crippen LogP contribution in [0.1, 0.15) is 58.8 Å². The van der Waals surface area contributed by atoms with E-state index in [0.717, 1.165) is 13.0 Å². The van der Waals surface area contributed by atoms with Crippen LogP contribution < -0.4 is 34.9 Å². The van der Waals surface area contributed by atoms with Crippen molar-refractivity contribution in [1.29, 1.82) is 0 Å². The van der Waals surface area contributed by atoms with Gasteiger partial charge in [0.15, 0.2) is 0 Å². The van der Waals surface area contributed by atoms with Gasteiger partial charge in [-0.05, 0) is 26.3 Å². The Morgan fingerprint density at radius 1 is 1.11 bits per heavy atom. The zero-order valence-corrected chi connectivity index (χ0v) is 14.9. The molecule has 0 rings (SSSR count). The van der Waals surface area contributed by atoms with E-state index < -0.39 is 10.1 Å². The quantitative estimate of drug-likeness (QED) is 0.309. The second-order valence-corrected chi connectivity index (χ2v) is 6.20. The average Bonchev–Trinajstić information content (AvgIpc) is 2.24. The van der Waals surface area contributed by atoms with Gasteiger partial charge in [0.2, 0.25) is 0 Å². The molecule has 0 aliphatic carbocycles. The fraction of sp³-hybridized carbons (Fsp3) is 1.00. The van der Waals surface area contributed by atoms with E-state index in [2.05, 4.69) is 12.2 Å². The third kappa shape index (κ3) is 16.9. The maximum absolute atomic E-state index is 10.4. The maximum Gasteiger partial charge on any atom is 1.00 e. The monoisotopic (exact) mass is 287 g/mol. The molecule has 0 aromatic rings. The van der Waals surface area contributed by atoms with Gasteiger partial charge in [-0.3, -0.25) is 0 Å². The fourth-order valence-corrected chi connectivity index (χ4v) is 2.32. The van der Waals surface area contributed by atoms with Crippen molar-refractivity contribution in [3.63, 3.8) is 0 Å². The van der Waals surface area contributed by atoms with Crippen molar-refractivity contribution in [2.75, 3.05) is 12.3 Å². The summed E-state index contributed by atoms with van der Waals surface area (Å²) in [6.45, 7) is 5.03. The van der Waals surface area contributed by atoms with Gasteiger partial charge >= 0.3 is 29.6 Å². The Labute approximate surface area is 134 Å². The van der Waals surface area contributed by atoms with Gasteiger partial charge in [0, 0.05) is 11.8 Å². The Kier molecular flexibility index (Phi) is 15.2. The summed E-state index contributed by atoms with van der Waals surface area (Å²) in [4.78, 5) is 0. The molecule has 0 radical (unpaired) electrons. The number of hydrogen-bond donors (Lipinski definition) is 1. The minimum absolute atomic E-state index is 0. The molecule has 4 nitrogen and oxygen atoms in total. The van der Waals surface area contributed by atoms with Crippen LogP contribution in [0.4, 0.5) is 0 Å². The summed E-state index contributed by atoms with van der Waals surface area (Å²) in [5, 5.41) is 3.24. The molecule has 0 fully saturated rings. The maximum atomic E-state index is 10.4. The minimum Gasteiger partial charge on any atom is -0.748 e. The van der Waals surface area contributed by atoms with E-state index >= 15 is 0 Å². The average molecular weight is 287 g/mol. The first-order valence-electron chi connectivity index (χ1n) is 6.62. The third-order valence-electron chi connectivity index (χ3n) is 2.82. The Hall–Kier alpha value is 0.870. The summed E-state index contributed by atoms with van der Waals surface area (Å²) < 4.78 is 31.3. The summed E-state index contributed by atoms with van der Waals surface area (Å²) in [5.41, 5.74) is 0. The third-order valence-corrected chi connectivity index (χ3v) is 3.56. The van der Waals surface area contributed by atoms with E-state index in [1.54, 1.807) is 0 Å². The van der Waals surface area contributed by atoms with Crippen LogP contribution in [0.25, 0.3) is 0 Å². The second-order valence-electron chi connectivity index (χ2n) is 4.67. The normalized spacial score (nSPS) is 13.1. The Bertz CT molecular complexity index is 270. The predicted octanol–water partition coefficient (Wildman–Crippen LogP) is -0.736. The van der Waals surface area contributed by atoms with Gasteiger partial charge < -0.3 is 9.87 Å². The number of hydrogen-bond acceptors (Lipinski definition) is 4. The molecule has 0 aromatic carbocycles. The van der Waals surface area contributed by atoms with Crippen molar-refractivity contribution in [1.82, 2.24) is 5.32 Å². The van der Waals surface area contributed by atoms with Crippen molar-refractivity contribution in [2.24, 2.45) is 0 Å². The molecule has 0 heterocycles. The van der Waals surface area contributed by atoms with Gasteiger partial charge in [-0.1, -0.05) is 39.0 Å². The van der Waals surface area contributed by atoms with Crippen LogP contribution in [0.2, 0.25) is 0 Å². The molecule has 0 aromatic heterocycles. The Morgan fingerprint density at radius 3 is 2.22 bits per heavy atom. The molecule has 0 saturated heterocycles. The van der Waals surface area contributed by atoms with Crippen molar-refractivity contribution in [2.45, 2.75) is 64.8 Å². The van der Waals surface area contributed by atoms with E-state index in [9.17, 15) is 13.0 Å². The first-order chi connectivity index (χ1) is 7.95. The van der Waals surface area contributed by atoms with E-state index in [1.165, 1.54) is 32.1 Å². The predicted molar refractivity (Wildman–Crippen MR) is 70.0 cm³/mol. The van der Waals surface area contributed by atoms with Gasteiger partial charge in [-0.15, -0.1) is 0 Å². The van der Waals surface area contributed by atoms with E-state index in [1.807, 2.05) is 6.92 Å². The molecule has 0 spiro atoms. The SMILES string of the molecule is CCCCCCCCNC(C)CCS(=O)(=O)[O-].[Na+]. The molecule has 104 valence electrons. The summed E-state index contributed by atoms with van der Waals surface area (Å²) in [7, 11) is -4.05. The van der Waals surface area contributed by atoms with Gasteiger partial charge in [0.25, 0.3) is 0 Å². The summed E-state index contributed by atoms with van der Waals surface area (Å²) in [5.74, 6) is -0.266. The summed E-state index contributed by atoms with van der Waals surface area (Å²) >= 11 is 0. The first-order valence-corrected chi connectivity index (χ1v) is 8.20. The van der Waals surface area contributed by atoms with Crippen molar-refractivity contribution in [3.8, 4) is 0 Å². The van der Waals surface area contributed by atoms with E-state index in [-0.39, 0.29) is 41.4 Å². The molecule has 0 amide bonds. The molecule has 0 aliphatic heterocycles. The van der Waals surface area contributed by atoms with Crippen molar-refractivity contribution >= 4 is 10.1 Å². The Balaban J connectivity index is 0. The van der Waals surface area contributed by atoms with E-state index in [0.29, 0.717) is 6.42 Å². The zero-order valence-electron chi connectivity index (χ0n) is 12.1. The molecule has 0 bridgehead atoms. The summed E-state index contributed by atoms with van der Waals surface area (Å²) in [6.07, 6.45) is 7.91. The molecule has 0 saturated carbocycles. The smallest absolute Gasteiger partial charge is 0.748 e. The van der Waals surface area contributed by atoms with Gasteiger partial charge in [0.05, 0.1) is 10.1 Å². The number of unbranched alkanes of at least 4 members (excludes halogenated alkanes) is 5. The van der Waals surface area contributed by atoms with Crippen molar-refractivity contribution in [3.05, 3.63) is 0 Å². The topological polar surface area (TPSA) is 69.2 Å². The molecule has 0 aliphatic rings. The van der Waals surface area contributed by atoms with Gasteiger partial charge in [0.1, 0.15) is 0 Å². The van der Waals surface area contributed by atoms with Crippen molar-refractivity contribution < 1.29 is 42.5 Å². The van der Waals surface area contributed by atoms with Crippen LogP contribution in [0, 0.1) is 0 Å². The zero-order chi connectivity index (χ0) is 13.1. The fourth-order valence-electron chi connectivity index (χ4n) is 1.68. The van der Waals surface area contributed by atoms with Crippen LogP contribution >= 0.6 is 0 Å². The summed E-state index contributed by atoms with van der Waals surface area (Å²) in [6, 6.07) is 0.106. The second kappa shape index (κ2) is 12.9. The molecule has 18 heavy (non-hydrogen) atoms. The molecular formula is C12H26NNaO3S. The largest absolute Gasteiger partial charge is 1.00 e. The Morgan fingerprint density at radius 2 is 1.67 bits per heavy atom. The minimum atomic E-state index is -4.05. The number of rotatable bonds is 11. The van der Waals surface area contributed by atoms with Crippen LogP contribution in [-0.4, -0.2) is 31.3 Å². The van der Waals surface area contributed by atoms with Gasteiger partial charge in [-0.25, -0.2) is 8.42 Å². The number of nitrogens with one attached hydrogen (secondary N) is 1. The van der Waals surface area contributed by atoms with Crippen LogP contribution in [0.15, 0.2) is 0 Å². The molecule has 1 unspecified atom stereocenters. The van der Waals surface area contributed by atoms with Gasteiger partial charge in [-0.2, -0.15) is 0 Å². The van der Waals surface area contributed by atoms with Crippen LogP contribution in [0.3, 0.4) is 0 Å². The first kappa shape index (κ1) is 21.2. The van der Waals surface area contributed by atoms with Crippen LogP contribution in [0.5, 0.6) is 0 Å². The molecule has 1 N–H and O–H groups in total. The van der Waals surface area contributed by atoms with Crippen LogP contribution in [-0.2, 0) is 10.1 Å². The standard InChI is InChI=1S/C12H27NO3S.Na/c1-3-4-5-6-7-8-10-13-12(2)9-11-17(14,15)16;/h12-13H,3-11H2,1-2H3,(H,14,15,16);/q;+1/p-1.